The number of hydrogen-bond acceptors (Lipinski definition) is 2. The number of benzene rings is 1. The largest absolute Gasteiger partial charge is 0.392 e. The van der Waals surface area contributed by atoms with E-state index >= 15 is 0 Å². The number of hydrogen-bond donors (Lipinski definition) is 1. The van der Waals surface area contributed by atoms with Crippen LogP contribution in [0.1, 0.15) is 19.4 Å². The summed E-state index contributed by atoms with van der Waals surface area (Å²) in [5.41, 5.74) is 0.567. The summed E-state index contributed by atoms with van der Waals surface area (Å²) in [7, 11) is 0. The third-order valence-corrected chi connectivity index (χ3v) is 4.24. The molecule has 1 aromatic rings. The van der Waals surface area contributed by atoms with Crippen molar-refractivity contribution in [2.24, 2.45) is 5.92 Å². The van der Waals surface area contributed by atoms with Crippen LogP contribution in [-0.2, 0) is 6.42 Å². The lowest BCUT2D eigenvalue weighted by atomic mass is 10.1. The van der Waals surface area contributed by atoms with Crippen LogP contribution >= 0.6 is 27.7 Å². The van der Waals surface area contributed by atoms with Crippen molar-refractivity contribution in [3.63, 3.8) is 0 Å². The zero-order chi connectivity index (χ0) is 12.8. The molecule has 0 saturated carbocycles. The lowest BCUT2D eigenvalue weighted by molar-refractivity contribution is 0.198. The summed E-state index contributed by atoms with van der Waals surface area (Å²) in [4.78, 5) is 0. The van der Waals surface area contributed by atoms with E-state index in [9.17, 15) is 9.50 Å². The normalized spacial score (nSPS) is 13.1. The van der Waals surface area contributed by atoms with Crippen LogP contribution in [0, 0.1) is 11.7 Å². The van der Waals surface area contributed by atoms with E-state index in [-0.39, 0.29) is 5.82 Å². The second-order valence-electron chi connectivity index (χ2n) is 4.52. The Labute approximate surface area is 115 Å². The van der Waals surface area contributed by atoms with Gasteiger partial charge >= 0.3 is 0 Å². The number of thioether (sulfide) groups is 1. The fourth-order valence-corrected chi connectivity index (χ4v) is 2.86. The molecule has 0 bridgehead atoms. The Bertz CT molecular complexity index is 357. The molecular formula is C13H18BrFOS. The van der Waals surface area contributed by atoms with Crippen LogP contribution in [0.25, 0.3) is 0 Å². The minimum atomic E-state index is -0.484. The average Bonchev–Trinajstić information content (AvgIpc) is 2.23. The van der Waals surface area contributed by atoms with Crippen molar-refractivity contribution in [2.45, 2.75) is 26.4 Å². The third kappa shape index (κ3) is 5.89. The Kier molecular flexibility index (Phi) is 6.52. The lowest BCUT2D eigenvalue weighted by Crippen LogP contribution is -2.15. The Morgan fingerprint density at radius 3 is 2.71 bits per heavy atom. The third-order valence-electron chi connectivity index (χ3n) is 2.22. The zero-order valence-corrected chi connectivity index (χ0v) is 12.5. The molecule has 0 heterocycles. The summed E-state index contributed by atoms with van der Waals surface area (Å²) in [5, 5.41) is 9.83. The fourth-order valence-electron chi connectivity index (χ4n) is 1.45. The first-order valence-electron chi connectivity index (χ1n) is 5.68. The van der Waals surface area contributed by atoms with Gasteiger partial charge in [0.05, 0.1) is 6.10 Å². The van der Waals surface area contributed by atoms with E-state index in [1.54, 1.807) is 23.9 Å². The lowest BCUT2D eigenvalue weighted by Gasteiger charge is -2.12. The minimum absolute atomic E-state index is 0.249. The summed E-state index contributed by atoms with van der Waals surface area (Å²) in [5.74, 6) is 2.05. The molecule has 0 aliphatic heterocycles. The molecule has 0 aliphatic carbocycles. The van der Waals surface area contributed by atoms with Crippen molar-refractivity contribution in [2.75, 3.05) is 11.5 Å². The quantitative estimate of drug-likeness (QED) is 0.858. The summed E-state index contributed by atoms with van der Waals surface area (Å²) in [6.45, 7) is 4.29. The van der Waals surface area contributed by atoms with E-state index in [1.807, 2.05) is 0 Å². The number of aliphatic hydroxyl groups excluding tert-OH is 1. The van der Waals surface area contributed by atoms with Crippen LogP contribution in [0.15, 0.2) is 22.7 Å². The molecule has 0 aromatic heterocycles. The van der Waals surface area contributed by atoms with Crippen molar-refractivity contribution in [3.8, 4) is 0 Å². The van der Waals surface area contributed by atoms with Gasteiger partial charge in [0.2, 0.25) is 0 Å². The van der Waals surface area contributed by atoms with E-state index in [4.69, 9.17) is 0 Å². The van der Waals surface area contributed by atoms with E-state index in [0.29, 0.717) is 23.7 Å². The molecule has 4 heteroatoms. The van der Waals surface area contributed by atoms with Gasteiger partial charge in [0.1, 0.15) is 5.82 Å². The first-order chi connectivity index (χ1) is 7.99. The second kappa shape index (κ2) is 7.39. The standard InChI is InChI=1S/C13H18BrFOS/c1-9(2)7-17-8-12(16)6-10-5-11(14)3-4-13(10)15/h3-5,9,12,16H,6-8H2,1-2H3. The second-order valence-corrected chi connectivity index (χ2v) is 6.52. The molecule has 0 fully saturated rings. The number of rotatable bonds is 6. The smallest absolute Gasteiger partial charge is 0.126 e. The van der Waals surface area contributed by atoms with Crippen molar-refractivity contribution in [1.82, 2.24) is 0 Å². The maximum Gasteiger partial charge on any atom is 0.126 e. The van der Waals surface area contributed by atoms with Gasteiger partial charge < -0.3 is 5.11 Å². The highest BCUT2D eigenvalue weighted by atomic mass is 79.9. The molecule has 1 rings (SSSR count). The van der Waals surface area contributed by atoms with Crippen molar-refractivity contribution in [3.05, 3.63) is 34.1 Å². The molecule has 1 atom stereocenters. The predicted molar refractivity (Wildman–Crippen MR) is 76.0 cm³/mol. The summed E-state index contributed by atoms with van der Waals surface area (Å²) in [6, 6.07) is 4.82. The minimum Gasteiger partial charge on any atom is -0.392 e. The molecule has 17 heavy (non-hydrogen) atoms. The Morgan fingerprint density at radius 2 is 2.06 bits per heavy atom. The van der Waals surface area contributed by atoms with Crippen molar-refractivity contribution in [1.29, 1.82) is 0 Å². The van der Waals surface area contributed by atoms with Crippen LogP contribution in [0.4, 0.5) is 4.39 Å². The highest BCUT2D eigenvalue weighted by molar-refractivity contribution is 9.10. The van der Waals surface area contributed by atoms with Gasteiger partial charge in [-0.25, -0.2) is 4.39 Å². The Morgan fingerprint density at radius 1 is 1.35 bits per heavy atom. The number of aliphatic hydroxyl groups is 1. The molecular weight excluding hydrogens is 303 g/mol. The first kappa shape index (κ1) is 15.0. The Hall–Kier alpha value is -0.0600. The topological polar surface area (TPSA) is 20.2 Å². The van der Waals surface area contributed by atoms with Crippen molar-refractivity contribution < 1.29 is 9.50 Å². The molecule has 0 amide bonds. The van der Waals surface area contributed by atoms with E-state index in [1.165, 1.54) is 6.07 Å². The van der Waals surface area contributed by atoms with E-state index in [0.717, 1.165) is 10.2 Å². The highest BCUT2D eigenvalue weighted by Crippen LogP contribution is 2.18. The van der Waals surface area contributed by atoms with Gasteiger partial charge in [-0.05, 0) is 35.4 Å². The van der Waals surface area contributed by atoms with Crippen LogP contribution in [0.5, 0.6) is 0 Å². The molecule has 1 aromatic carbocycles. The molecule has 0 radical (unpaired) electrons. The van der Waals surface area contributed by atoms with Crippen LogP contribution in [0.3, 0.4) is 0 Å². The van der Waals surface area contributed by atoms with Gasteiger partial charge in [0.25, 0.3) is 0 Å². The molecule has 0 spiro atoms. The molecule has 0 aliphatic rings. The zero-order valence-electron chi connectivity index (χ0n) is 10.1. The molecule has 1 nitrogen and oxygen atoms in total. The van der Waals surface area contributed by atoms with Gasteiger partial charge in [-0.15, -0.1) is 0 Å². The number of halogens is 2. The molecule has 96 valence electrons. The maximum absolute atomic E-state index is 13.4. The predicted octanol–water partition coefficient (Wildman–Crippen LogP) is 3.88. The van der Waals surface area contributed by atoms with E-state index in [2.05, 4.69) is 29.8 Å². The van der Waals surface area contributed by atoms with Crippen LogP contribution in [-0.4, -0.2) is 22.7 Å². The van der Waals surface area contributed by atoms with Crippen LogP contribution in [0.2, 0.25) is 0 Å². The van der Waals surface area contributed by atoms with Gasteiger partial charge in [-0.2, -0.15) is 11.8 Å². The monoisotopic (exact) mass is 320 g/mol. The summed E-state index contributed by atoms with van der Waals surface area (Å²) >= 11 is 5.02. The average molecular weight is 321 g/mol. The maximum atomic E-state index is 13.4. The summed E-state index contributed by atoms with van der Waals surface area (Å²) < 4.78 is 14.3. The SMILES string of the molecule is CC(C)CSCC(O)Cc1cc(Br)ccc1F. The molecule has 0 saturated heterocycles. The molecule has 1 unspecified atom stereocenters. The summed E-state index contributed by atoms with van der Waals surface area (Å²) in [6.07, 6.45) is -0.112. The van der Waals surface area contributed by atoms with Gasteiger partial charge in [0.15, 0.2) is 0 Å². The van der Waals surface area contributed by atoms with Crippen molar-refractivity contribution >= 4 is 27.7 Å². The molecule has 1 N–H and O–H groups in total. The van der Waals surface area contributed by atoms with Crippen LogP contribution < -0.4 is 0 Å². The van der Waals surface area contributed by atoms with Gasteiger partial charge in [-0.3, -0.25) is 0 Å². The van der Waals surface area contributed by atoms with E-state index < -0.39 is 6.10 Å². The van der Waals surface area contributed by atoms with Gasteiger partial charge in [-0.1, -0.05) is 29.8 Å². The highest BCUT2D eigenvalue weighted by Gasteiger charge is 2.10. The first-order valence-corrected chi connectivity index (χ1v) is 7.63. The Balaban J connectivity index is 2.44. The fraction of sp³-hybridized carbons (Fsp3) is 0.538. The van der Waals surface area contributed by atoms with Gasteiger partial charge in [0, 0.05) is 16.6 Å².